The molecule has 0 amide bonds. The highest BCUT2D eigenvalue weighted by Gasteiger charge is 2.40. The van der Waals surface area contributed by atoms with Crippen molar-refractivity contribution in [3.05, 3.63) is 60.2 Å². The van der Waals surface area contributed by atoms with Crippen molar-refractivity contribution in [1.29, 1.82) is 0 Å². The summed E-state index contributed by atoms with van der Waals surface area (Å²) in [6.07, 6.45) is 1.95. The molecule has 0 radical (unpaired) electrons. The van der Waals surface area contributed by atoms with E-state index in [-0.39, 0.29) is 17.9 Å². The van der Waals surface area contributed by atoms with Gasteiger partial charge in [0.15, 0.2) is 0 Å². The Bertz CT molecular complexity index is 699. The maximum Gasteiger partial charge on any atom is 0.303 e. The van der Waals surface area contributed by atoms with Gasteiger partial charge in [-0.1, -0.05) is 30.3 Å². The van der Waals surface area contributed by atoms with Gasteiger partial charge in [-0.05, 0) is 55.5 Å². The SMILES string of the molecule is CC1(c2ccccc2)CC(CC(=O)O)CCN1c1ccc(N)cc1. The molecule has 0 bridgehead atoms. The highest BCUT2D eigenvalue weighted by atomic mass is 16.4. The molecule has 24 heavy (non-hydrogen) atoms. The number of benzene rings is 2. The number of carboxylic acid groups (broad SMARTS) is 1. The van der Waals surface area contributed by atoms with E-state index >= 15 is 0 Å². The normalized spacial score (nSPS) is 23.9. The summed E-state index contributed by atoms with van der Waals surface area (Å²) in [5.41, 5.74) is 8.70. The van der Waals surface area contributed by atoms with Gasteiger partial charge in [0.25, 0.3) is 0 Å². The van der Waals surface area contributed by atoms with Crippen molar-refractivity contribution >= 4 is 17.3 Å². The average Bonchev–Trinajstić information content (AvgIpc) is 2.56. The molecule has 2 unspecified atom stereocenters. The number of carbonyl (C=O) groups is 1. The highest BCUT2D eigenvalue weighted by molar-refractivity contribution is 5.67. The number of rotatable bonds is 4. The molecule has 1 aliphatic heterocycles. The van der Waals surface area contributed by atoms with Crippen LogP contribution in [0, 0.1) is 5.92 Å². The highest BCUT2D eigenvalue weighted by Crippen LogP contribution is 2.43. The molecule has 1 saturated heterocycles. The number of hydrogen-bond donors (Lipinski definition) is 2. The number of nitrogens with two attached hydrogens (primary N) is 1. The van der Waals surface area contributed by atoms with E-state index in [9.17, 15) is 9.90 Å². The van der Waals surface area contributed by atoms with Crippen molar-refractivity contribution in [2.45, 2.75) is 31.7 Å². The first-order valence-electron chi connectivity index (χ1n) is 8.39. The third-order valence-corrected chi connectivity index (χ3v) is 5.11. The molecule has 0 saturated carbocycles. The number of aliphatic carboxylic acids is 1. The molecular formula is C20H24N2O2. The average molecular weight is 324 g/mol. The van der Waals surface area contributed by atoms with Crippen LogP contribution < -0.4 is 10.6 Å². The molecule has 1 heterocycles. The molecule has 2 aromatic carbocycles. The Balaban J connectivity index is 1.97. The van der Waals surface area contributed by atoms with E-state index in [4.69, 9.17) is 5.73 Å². The predicted octanol–water partition coefficient (Wildman–Crippen LogP) is 3.88. The molecule has 0 aromatic heterocycles. The first-order chi connectivity index (χ1) is 11.5. The number of hydrogen-bond acceptors (Lipinski definition) is 3. The Kier molecular flexibility index (Phi) is 4.47. The van der Waals surface area contributed by atoms with Crippen LogP contribution in [0.2, 0.25) is 0 Å². The Morgan fingerprint density at radius 1 is 1.21 bits per heavy atom. The zero-order valence-electron chi connectivity index (χ0n) is 14.0. The van der Waals surface area contributed by atoms with Gasteiger partial charge in [0.2, 0.25) is 0 Å². The molecule has 1 fully saturated rings. The minimum absolute atomic E-state index is 0.192. The lowest BCUT2D eigenvalue weighted by Gasteiger charge is -2.49. The molecule has 2 atom stereocenters. The molecule has 126 valence electrons. The van der Waals surface area contributed by atoms with Crippen LogP contribution >= 0.6 is 0 Å². The largest absolute Gasteiger partial charge is 0.481 e. The molecule has 0 aliphatic carbocycles. The van der Waals surface area contributed by atoms with Crippen LogP contribution in [-0.2, 0) is 10.3 Å². The van der Waals surface area contributed by atoms with Crippen molar-refractivity contribution in [1.82, 2.24) is 0 Å². The van der Waals surface area contributed by atoms with Crippen LogP contribution in [0.4, 0.5) is 11.4 Å². The smallest absolute Gasteiger partial charge is 0.303 e. The zero-order valence-corrected chi connectivity index (χ0v) is 14.0. The van der Waals surface area contributed by atoms with E-state index < -0.39 is 5.97 Å². The standard InChI is InChI=1S/C20H24N2O2/c1-20(16-5-3-2-4-6-16)14-15(13-19(23)24)11-12-22(20)18-9-7-17(21)8-10-18/h2-10,15H,11-14,21H2,1H3,(H,23,24). The van der Waals surface area contributed by atoms with Crippen LogP contribution in [0.5, 0.6) is 0 Å². The van der Waals surface area contributed by atoms with Crippen molar-refractivity contribution in [2.24, 2.45) is 5.92 Å². The topological polar surface area (TPSA) is 66.6 Å². The van der Waals surface area contributed by atoms with Crippen LogP contribution in [0.25, 0.3) is 0 Å². The molecule has 2 aromatic rings. The fourth-order valence-electron chi connectivity index (χ4n) is 3.89. The molecule has 4 nitrogen and oxygen atoms in total. The third-order valence-electron chi connectivity index (χ3n) is 5.11. The second kappa shape index (κ2) is 6.56. The zero-order chi connectivity index (χ0) is 17.2. The molecule has 0 spiro atoms. The number of anilines is 2. The third kappa shape index (κ3) is 3.23. The summed E-state index contributed by atoms with van der Waals surface area (Å²) in [7, 11) is 0. The fourth-order valence-corrected chi connectivity index (χ4v) is 3.89. The second-order valence-electron chi connectivity index (χ2n) is 6.84. The van der Waals surface area contributed by atoms with Crippen molar-refractivity contribution in [3.8, 4) is 0 Å². The summed E-state index contributed by atoms with van der Waals surface area (Å²) in [6, 6.07) is 18.3. The van der Waals surface area contributed by atoms with Crippen molar-refractivity contribution in [2.75, 3.05) is 17.2 Å². The van der Waals surface area contributed by atoms with E-state index in [1.807, 2.05) is 42.5 Å². The Labute approximate surface area is 142 Å². The van der Waals surface area contributed by atoms with Gasteiger partial charge in [0, 0.05) is 24.3 Å². The Hall–Kier alpha value is -2.49. The van der Waals surface area contributed by atoms with Gasteiger partial charge >= 0.3 is 5.97 Å². The van der Waals surface area contributed by atoms with Crippen molar-refractivity contribution in [3.63, 3.8) is 0 Å². The number of nitrogens with zero attached hydrogens (tertiary/aromatic N) is 1. The van der Waals surface area contributed by atoms with Gasteiger partial charge in [-0.15, -0.1) is 0 Å². The summed E-state index contributed by atoms with van der Waals surface area (Å²) in [6.45, 7) is 3.06. The van der Waals surface area contributed by atoms with Crippen LogP contribution in [0.3, 0.4) is 0 Å². The van der Waals surface area contributed by atoms with Gasteiger partial charge in [0.05, 0.1) is 5.54 Å². The predicted molar refractivity (Wildman–Crippen MR) is 97.0 cm³/mol. The molecule has 3 N–H and O–H groups in total. The molecule has 4 heteroatoms. The van der Waals surface area contributed by atoms with Crippen LogP contribution in [-0.4, -0.2) is 17.6 Å². The first-order valence-corrected chi connectivity index (χ1v) is 8.39. The molecule has 3 rings (SSSR count). The van der Waals surface area contributed by atoms with E-state index in [2.05, 4.69) is 24.0 Å². The molecular weight excluding hydrogens is 300 g/mol. The quantitative estimate of drug-likeness (QED) is 0.838. The van der Waals surface area contributed by atoms with Gasteiger partial charge < -0.3 is 15.7 Å². The Morgan fingerprint density at radius 2 is 1.88 bits per heavy atom. The van der Waals surface area contributed by atoms with Gasteiger partial charge in [-0.2, -0.15) is 0 Å². The number of nitrogen functional groups attached to an aromatic ring is 1. The van der Waals surface area contributed by atoms with E-state index in [0.717, 1.165) is 30.8 Å². The summed E-state index contributed by atoms with van der Waals surface area (Å²) < 4.78 is 0. The molecule has 1 aliphatic rings. The maximum absolute atomic E-state index is 11.2. The first kappa shape index (κ1) is 16.4. The monoisotopic (exact) mass is 324 g/mol. The summed E-state index contributed by atoms with van der Waals surface area (Å²) >= 11 is 0. The van der Waals surface area contributed by atoms with E-state index in [1.54, 1.807) is 0 Å². The van der Waals surface area contributed by atoms with E-state index in [1.165, 1.54) is 5.56 Å². The lowest BCUT2D eigenvalue weighted by molar-refractivity contribution is -0.138. The van der Waals surface area contributed by atoms with E-state index in [0.29, 0.717) is 0 Å². The minimum Gasteiger partial charge on any atom is -0.481 e. The Morgan fingerprint density at radius 3 is 2.50 bits per heavy atom. The number of carboxylic acids is 1. The lowest BCUT2D eigenvalue weighted by atomic mass is 9.75. The second-order valence-corrected chi connectivity index (χ2v) is 6.84. The summed E-state index contributed by atoms with van der Waals surface area (Å²) in [5.74, 6) is -0.519. The summed E-state index contributed by atoms with van der Waals surface area (Å²) in [5, 5.41) is 9.19. The van der Waals surface area contributed by atoms with Gasteiger partial charge in [-0.3, -0.25) is 4.79 Å². The van der Waals surface area contributed by atoms with Gasteiger partial charge in [-0.25, -0.2) is 0 Å². The minimum atomic E-state index is -0.712. The number of piperidine rings is 1. The maximum atomic E-state index is 11.2. The van der Waals surface area contributed by atoms with Crippen LogP contribution in [0.15, 0.2) is 54.6 Å². The lowest BCUT2D eigenvalue weighted by Crippen LogP contribution is -2.50. The van der Waals surface area contributed by atoms with Crippen molar-refractivity contribution < 1.29 is 9.90 Å². The summed E-state index contributed by atoms with van der Waals surface area (Å²) in [4.78, 5) is 13.6. The van der Waals surface area contributed by atoms with Crippen LogP contribution in [0.1, 0.15) is 31.7 Å². The fraction of sp³-hybridized carbons (Fsp3) is 0.350. The van der Waals surface area contributed by atoms with Gasteiger partial charge in [0.1, 0.15) is 0 Å².